The maximum absolute atomic E-state index is 13.2. The summed E-state index contributed by atoms with van der Waals surface area (Å²) in [4.78, 5) is 29.7. The summed E-state index contributed by atoms with van der Waals surface area (Å²) < 4.78 is 11.0. The molecule has 0 saturated carbocycles. The highest BCUT2D eigenvalue weighted by atomic mass is 35.5. The second kappa shape index (κ2) is 10.3. The summed E-state index contributed by atoms with van der Waals surface area (Å²) in [5.41, 5.74) is 1.70. The number of rotatable bonds is 8. The number of benzene rings is 2. The molecule has 0 spiro atoms. The van der Waals surface area contributed by atoms with Crippen molar-refractivity contribution in [1.29, 1.82) is 0 Å². The molecule has 1 saturated heterocycles. The normalized spacial score (nSPS) is 17.7. The van der Waals surface area contributed by atoms with Gasteiger partial charge in [-0.05, 0) is 63.3 Å². The highest BCUT2D eigenvalue weighted by Gasteiger charge is 2.46. The van der Waals surface area contributed by atoms with Crippen LogP contribution in [0.1, 0.15) is 29.7 Å². The number of aliphatic hydroxyl groups excluding tert-OH is 1. The van der Waals surface area contributed by atoms with Crippen LogP contribution in [0.25, 0.3) is 5.76 Å². The number of aliphatic hydroxyl groups is 1. The molecule has 1 atom stereocenters. The lowest BCUT2D eigenvalue weighted by Gasteiger charge is -2.27. The van der Waals surface area contributed by atoms with E-state index in [9.17, 15) is 14.7 Å². The van der Waals surface area contributed by atoms with Crippen molar-refractivity contribution in [3.8, 4) is 11.5 Å². The van der Waals surface area contributed by atoms with Crippen LogP contribution in [0, 0.1) is 6.92 Å². The van der Waals surface area contributed by atoms with E-state index in [0.29, 0.717) is 36.0 Å². The summed E-state index contributed by atoms with van der Waals surface area (Å²) in [5.74, 6) is -0.888. The van der Waals surface area contributed by atoms with Gasteiger partial charge < -0.3 is 24.4 Å². The molecule has 7 nitrogen and oxygen atoms in total. The van der Waals surface area contributed by atoms with Crippen molar-refractivity contribution in [2.75, 3.05) is 40.9 Å². The molecule has 1 aliphatic rings. The third-order valence-corrected chi connectivity index (χ3v) is 5.74. The number of ether oxygens (including phenoxy) is 2. The van der Waals surface area contributed by atoms with Crippen LogP contribution in [0.15, 0.2) is 42.0 Å². The number of ketones is 1. The molecule has 1 heterocycles. The fraction of sp³-hybridized carbons (Fsp3) is 0.360. The van der Waals surface area contributed by atoms with Crippen LogP contribution in [0.4, 0.5) is 0 Å². The number of likely N-dealkylation sites (N-methyl/N-ethyl adjacent to an activating group) is 1. The van der Waals surface area contributed by atoms with Gasteiger partial charge in [0.15, 0.2) is 0 Å². The highest BCUT2D eigenvalue weighted by molar-refractivity contribution is 6.46. The van der Waals surface area contributed by atoms with Crippen molar-refractivity contribution in [2.45, 2.75) is 19.9 Å². The summed E-state index contributed by atoms with van der Waals surface area (Å²) in [6.45, 7) is 5.03. The van der Waals surface area contributed by atoms with Crippen molar-refractivity contribution >= 4 is 29.1 Å². The number of nitrogens with zero attached hydrogens (tertiary/aromatic N) is 2. The number of carbonyl (C=O) groups excluding carboxylic acids is 2. The molecule has 0 aromatic heterocycles. The molecule has 1 amide bonds. The van der Waals surface area contributed by atoms with Crippen LogP contribution in [0.3, 0.4) is 0 Å². The van der Waals surface area contributed by atoms with Gasteiger partial charge in [-0.25, -0.2) is 0 Å². The van der Waals surface area contributed by atoms with Crippen LogP contribution in [0.5, 0.6) is 11.5 Å². The number of hydrogen-bond acceptors (Lipinski definition) is 6. The monoisotopic (exact) mass is 472 g/mol. The van der Waals surface area contributed by atoms with Crippen LogP contribution >= 0.6 is 11.6 Å². The largest absolute Gasteiger partial charge is 0.507 e. The van der Waals surface area contributed by atoms with Crippen LogP contribution in [-0.2, 0) is 9.59 Å². The molecule has 0 aliphatic carbocycles. The smallest absolute Gasteiger partial charge is 0.295 e. The quantitative estimate of drug-likeness (QED) is 0.355. The summed E-state index contributed by atoms with van der Waals surface area (Å²) in [7, 11) is 5.22. The Balaban J connectivity index is 2.24. The number of methoxy groups -OCH3 is 1. The third kappa shape index (κ3) is 4.99. The average Bonchev–Trinajstić information content (AvgIpc) is 3.02. The fourth-order valence-electron chi connectivity index (χ4n) is 3.96. The minimum atomic E-state index is -0.783. The zero-order valence-electron chi connectivity index (χ0n) is 19.5. The molecule has 1 unspecified atom stereocenters. The number of likely N-dealkylation sites (tertiary alicyclic amines) is 1. The number of amides is 1. The number of Topliss-reactive ketones (excluding diaryl/α,β-unsaturated/α-hetero) is 1. The molecule has 8 heteroatoms. The van der Waals surface area contributed by atoms with Gasteiger partial charge in [0.05, 0.1) is 35.9 Å². The Kier molecular flexibility index (Phi) is 7.66. The Hall–Kier alpha value is -3.03. The van der Waals surface area contributed by atoms with Gasteiger partial charge in [0, 0.05) is 13.1 Å². The van der Waals surface area contributed by atoms with Crippen molar-refractivity contribution in [3.63, 3.8) is 0 Å². The molecular formula is C25H29ClN2O5. The van der Waals surface area contributed by atoms with Gasteiger partial charge >= 0.3 is 0 Å². The molecule has 2 aromatic carbocycles. The summed E-state index contributed by atoms with van der Waals surface area (Å²) in [6.07, 6.45) is 0. The SMILES string of the molecule is CCOc1cccc(C2/C(=C(\O)c3cc(C)cc(Cl)c3OC)C(=O)C(=O)N2CCN(C)C)c1. The lowest BCUT2D eigenvalue weighted by molar-refractivity contribution is -0.140. The zero-order chi connectivity index (χ0) is 24.3. The molecule has 0 radical (unpaired) electrons. The fourth-order valence-corrected chi connectivity index (χ4v) is 4.31. The maximum atomic E-state index is 13.2. The first-order chi connectivity index (χ1) is 15.7. The van der Waals surface area contributed by atoms with E-state index >= 15 is 0 Å². The van der Waals surface area contributed by atoms with E-state index in [1.54, 1.807) is 24.3 Å². The van der Waals surface area contributed by atoms with Crippen molar-refractivity contribution in [3.05, 3.63) is 63.7 Å². The van der Waals surface area contributed by atoms with Crippen molar-refractivity contribution in [2.24, 2.45) is 0 Å². The van der Waals surface area contributed by atoms with Gasteiger partial charge in [-0.15, -0.1) is 0 Å². The summed E-state index contributed by atoms with van der Waals surface area (Å²) >= 11 is 6.33. The van der Waals surface area contributed by atoms with E-state index < -0.39 is 17.7 Å². The lowest BCUT2D eigenvalue weighted by Crippen LogP contribution is -2.35. The lowest BCUT2D eigenvalue weighted by atomic mass is 9.94. The summed E-state index contributed by atoms with van der Waals surface area (Å²) in [6, 6.07) is 9.82. The number of hydrogen-bond donors (Lipinski definition) is 1. The minimum absolute atomic E-state index is 0.00706. The first-order valence-corrected chi connectivity index (χ1v) is 11.1. The van der Waals surface area contributed by atoms with Gasteiger partial charge in [0.25, 0.3) is 11.7 Å². The number of halogens is 1. The zero-order valence-corrected chi connectivity index (χ0v) is 20.3. The Morgan fingerprint density at radius 1 is 1.21 bits per heavy atom. The molecule has 1 aliphatic heterocycles. The van der Waals surface area contributed by atoms with Crippen LogP contribution in [-0.4, -0.2) is 67.5 Å². The highest BCUT2D eigenvalue weighted by Crippen LogP contribution is 2.43. The van der Waals surface area contributed by atoms with Gasteiger partial charge in [0.2, 0.25) is 0 Å². The Bertz CT molecular complexity index is 1100. The number of carbonyl (C=O) groups is 2. The van der Waals surface area contributed by atoms with E-state index in [4.69, 9.17) is 21.1 Å². The molecule has 176 valence electrons. The van der Waals surface area contributed by atoms with Crippen molar-refractivity contribution < 1.29 is 24.2 Å². The van der Waals surface area contributed by atoms with E-state index in [-0.39, 0.29) is 22.6 Å². The standard InChI is InChI=1S/C25H29ClN2O5/c1-6-33-17-9-7-8-16(14-17)21-20(23(30)25(31)28(21)11-10-27(3)4)22(29)18-12-15(2)13-19(26)24(18)32-5/h7-9,12-14,21,29H,6,10-11H2,1-5H3/b22-20+. The van der Waals surface area contributed by atoms with Gasteiger partial charge in [-0.2, -0.15) is 0 Å². The third-order valence-electron chi connectivity index (χ3n) is 5.46. The second-order valence-electron chi connectivity index (χ2n) is 8.13. The average molecular weight is 473 g/mol. The minimum Gasteiger partial charge on any atom is -0.507 e. The Morgan fingerprint density at radius 2 is 1.94 bits per heavy atom. The van der Waals surface area contributed by atoms with Gasteiger partial charge in [-0.3, -0.25) is 9.59 Å². The van der Waals surface area contributed by atoms with E-state index in [0.717, 1.165) is 5.56 Å². The molecule has 0 bridgehead atoms. The van der Waals surface area contributed by atoms with E-state index in [1.807, 2.05) is 45.0 Å². The van der Waals surface area contributed by atoms with Gasteiger partial charge in [-0.1, -0.05) is 23.7 Å². The molecule has 1 fully saturated rings. The first-order valence-electron chi connectivity index (χ1n) is 10.7. The van der Waals surface area contributed by atoms with Crippen molar-refractivity contribution in [1.82, 2.24) is 9.80 Å². The molecule has 2 aromatic rings. The van der Waals surface area contributed by atoms with E-state index in [2.05, 4.69) is 0 Å². The molecular weight excluding hydrogens is 444 g/mol. The predicted octanol–water partition coefficient (Wildman–Crippen LogP) is 4.04. The maximum Gasteiger partial charge on any atom is 0.295 e. The van der Waals surface area contributed by atoms with Gasteiger partial charge in [0.1, 0.15) is 17.3 Å². The molecule has 1 N–H and O–H groups in total. The molecule has 33 heavy (non-hydrogen) atoms. The topological polar surface area (TPSA) is 79.3 Å². The Morgan fingerprint density at radius 3 is 2.58 bits per heavy atom. The summed E-state index contributed by atoms with van der Waals surface area (Å²) in [5, 5.41) is 11.7. The molecule has 3 rings (SSSR count). The van der Waals surface area contributed by atoms with Crippen LogP contribution in [0.2, 0.25) is 5.02 Å². The first kappa shape index (κ1) is 24.6. The Labute approximate surface area is 199 Å². The van der Waals surface area contributed by atoms with E-state index in [1.165, 1.54) is 12.0 Å². The predicted molar refractivity (Wildman–Crippen MR) is 128 cm³/mol. The second-order valence-corrected chi connectivity index (χ2v) is 8.54. The van der Waals surface area contributed by atoms with Crippen LogP contribution < -0.4 is 9.47 Å². The number of aryl methyl sites for hydroxylation is 1.